The summed E-state index contributed by atoms with van der Waals surface area (Å²) in [7, 11) is -6.32. The minimum atomic E-state index is -3.17. The van der Waals surface area contributed by atoms with Gasteiger partial charge in [-0.1, -0.05) is 65.7 Å². The van der Waals surface area contributed by atoms with E-state index in [2.05, 4.69) is 42.5 Å². The highest BCUT2D eigenvalue weighted by molar-refractivity contribution is 7.88. The zero-order valence-corrected chi connectivity index (χ0v) is 36.9. The topological polar surface area (TPSA) is 121 Å². The zero-order valence-electron chi connectivity index (χ0n) is 33.8. The molecule has 0 amide bonds. The molecule has 9 nitrogen and oxygen atoms in total. The van der Waals surface area contributed by atoms with Crippen LogP contribution in [-0.2, 0) is 20.0 Å². The number of benzene rings is 2. The summed E-state index contributed by atoms with van der Waals surface area (Å²) >= 11 is 12.7. The number of aromatic nitrogens is 2. The van der Waals surface area contributed by atoms with Crippen LogP contribution in [0.3, 0.4) is 0 Å². The molecule has 0 bridgehead atoms. The first kappa shape index (κ1) is 43.4. The van der Waals surface area contributed by atoms with Crippen LogP contribution in [0.2, 0.25) is 10.0 Å². The molecule has 2 aromatic carbocycles. The van der Waals surface area contributed by atoms with Crippen molar-refractivity contribution in [1.82, 2.24) is 18.6 Å². The van der Waals surface area contributed by atoms with Crippen LogP contribution in [0.15, 0.2) is 85.2 Å². The van der Waals surface area contributed by atoms with Crippen molar-refractivity contribution in [2.75, 3.05) is 45.3 Å². The van der Waals surface area contributed by atoms with Crippen molar-refractivity contribution in [3.05, 3.63) is 140 Å². The van der Waals surface area contributed by atoms with Crippen molar-refractivity contribution in [2.24, 2.45) is 11.8 Å². The third kappa shape index (κ3) is 9.78. The fourth-order valence-electron chi connectivity index (χ4n) is 9.39. The molecule has 0 spiro atoms. The number of aliphatic hydroxyl groups is 1. The maximum atomic E-state index is 12.0. The summed E-state index contributed by atoms with van der Waals surface area (Å²) in [5.41, 5.74) is 11.2. The van der Waals surface area contributed by atoms with Gasteiger partial charge in [-0.3, -0.25) is 9.97 Å². The van der Waals surface area contributed by atoms with Crippen LogP contribution < -0.4 is 0 Å². The van der Waals surface area contributed by atoms with E-state index in [1.165, 1.54) is 23.6 Å². The van der Waals surface area contributed by atoms with Crippen LogP contribution >= 0.6 is 23.2 Å². The quantitative estimate of drug-likeness (QED) is 0.188. The normalized spacial score (nSPS) is 20.5. The van der Waals surface area contributed by atoms with E-state index in [4.69, 9.17) is 33.2 Å². The largest absolute Gasteiger partial charge is 0.396 e. The Kier molecular flexibility index (Phi) is 13.6. The Bertz CT molecular complexity index is 2490. The van der Waals surface area contributed by atoms with Gasteiger partial charge in [0.2, 0.25) is 20.0 Å². The van der Waals surface area contributed by atoms with Crippen molar-refractivity contribution >= 4 is 66.5 Å². The molecule has 13 heteroatoms. The van der Waals surface area contributed by atoms with E-state index in [9.17, 15) is 21.9 Å². The van der Waals surface area contributed by atoms with E-state index < -0.39 is 20.0 Å². The fourth-order valence-corrected chi connectivity index (χ4v) is 11.5. The van der Waals surface area contributed by atoms with E-state index in [0.29, 0.717) is 54.5 Å². The van der Waals surface area contributed by atoms with Gasteiger partial charge in [0.05, 0.1) is 23.9 Å². The lowest BCUT2D eigenvalue weighted by molar-refractivity contribution is 0.256. The monoisotopic (exact) mass is 874 g/mol. The van der Waals surface area contributed by atoms with E-state index >= 15 is 0 Å². The second kappa shape index (κ2) is 18.5. The van der Waals surface area contributed by atoms with Gasteiger partial charge in [-0.15, -0.1) is 0 Å². The lowest BCUT2D eigenvalue weighted by Gasteiger charge is -2.35. The minimum absolute atomic E-state index is 0.0815. The lowest BCUT2D eigenvalue weighted by Crippen LogP contribution is -2.39. The summed E-state index contributed by atoms with van der Waals surface area (Å²) in [4.78, 5) is 9.63. The van der Waals surface area contributed by atoms with Crippen molar-refractivity contribution in [2.45, 2.75) is 57.3 Å². The van der Waals surface area contributed by atoms with Gasteiger partial charge in [0, 0.05) is 72.6 Å². The molecule has 0 saturated carbocycles. The summed E-state index contributed by atoms with van der Waals surface area (Å²) in [5.74, 6) is 0.805. The molecule has 2 fully saturated rings. The number of fused-ring (bicyclic) bond motifs is 4. The molecule has 4 heterocycles. The van der Waals surface area contributed by atoms with E-state index in [0.717, 1.165) is 76.9 Å². The molecular formula is C46H52Cl2N4O5S2. The smallest absolute Gasteiger partial charge is 0.211 e. The molecule has 2 unspecified atom stereocenters. The Morgan fingerprint density at radius 1 is 0.712 bits per heavy atom. The Labute approximate surface area is 359 Å². The molecule has 2 saturated heterocycles. The SMILES string of the molecule is C/C=C/C1=Cc2cc(Cl)ccc2C(C2CCN(S(C)(=O)=O)CC2)c2ncccc21.CS(=O)(=O)N1CCC(C2c3ccc(Cl)cc3C=C(CCCO)c3cccnc32)CC1. The Morgan fingerprint density at radius 3 is 1.66 bits per heavy atom. The number of hydrogen-bond acceptors (Lipinski definition) is 7. The second-order valence-corrected chi connectivity index (χ2v) is 20.8. The van der Waals surface area contributed by atoms with Gasteiger partial charge in [0.25, 0.3) is 0 Å². The maximum absolute atomic E-state index is 12.0. The van der Waals surface area contributed by atoms with Crippen molar-refractivity contribution in [3.8, 4) is 0 Å². The van der Waals surface area contributed by atoms with Crippen LogP contribution in [0.5, 0.6) is 0 Å². The predicted octanol–water partition coefficient (Wildman–Crippen LogP) is 9.13. The number of hydrogen-bond donors (Lipinski definition) is 1. The number of aliphatic hydroxyl groups excluding tert-OH is 1. The number of rotatable bonds is 8. The minimum Gasteiger partial charge on any atom is -0.396 e. The van der Waals surface area contributed by atoms with Gasteiger partial charge in [-0.25, -0.2) is 25.4 Å². The highest BCUT2D eigenvalue weighted by atomic mass is 35.5. The summed E-state index contributed by atoms with van der Waals surface area (Å²) < 4.78 is 51.0. The van der Waals surface area contributed by atoms with Gasteiger partial charge >= 0.3 is 0 Å². The molecule has 312 valence electrons. The van der Waals surface area contributed by atoms with Gasteiger partial charge in [0.15, 0.2) is 0 Å². The van der Waals surface area contributed by atoms with Crippen LogP contribution in [0.25, 0.3) is 23.3 Å². The standard InChI is InChI=1S/C23H27ClN2O3S.C23H25ClN2O2S/c1-30(28,29)26-11-8-16(9-12-26)22-20-7-6-19(24)15-18(20)14-17(4-3-13-27)21-5-2-10-25-23(21)22;1-3-5-17-14-18-15-19(24)7-8-20(18)22(23-21(17)6-4-11-25-23)16-9-12-26(13-10-16)29(2,27)28/h2,5-7,10,14-16,22,27H,3-4,8-9,11-13H2,1H3;3-8,11,14-16,22H,9-10,12-13H2,1-2H3/b;5-3+. The molecule has 2 aliphatic carbocycles. The van der Waals surface area contributed by atoms with Crippen LogP contribution in [0.1, 0.15) is 102 Å². The number of pyridine rings is 2. The summed E-state index contributed by atoms with van der Waals surface area (Å²) in [6, 6.07) is 20.3. The first-order valence-electron chi connectivity index (χ1n) is 20.3. The molecule has 2 aromatic heterocycles. The van der Waals surface area contributed by atoms with Crippen molar-refractivity contribution in [1.29, 1.82) is 0 Å². The second-order valence-electron chi connectivity index (χ2n) is 16.0. The Hall–Kier alpha value is -3.68. The molecule has 4 aliphatic rings. The van der Waals surface area contributed by atoms with E-state index in [1.807, 2.05) is 61.8 Å². The summed E-state index contributed by atoms with van der Waals surface area (Å²) in [6.45, 7) is 4.34. The number of nitrogens with zero attached hydrogens (tertiary/aromatic N) is 4. The molecule has 4 aromatic rings. The van der Waals surface area contributed by atoms with Crippen LogP contribution in [0.4, 0.5) is 0 Å². The Balaban J connectivity index is 0.000000179. The molecule has 0 radical (unpaired) electrons. The van der Waals surface area contributed by atoms with Gasteiger partial charge in [0.1, 0.15) is 0 Å². The number of halogens is 2. The van der Waals surface area contributed by atoms with E-state index in [-0.39, 0.29) is 18.4 Å². The Morgan fingerprint density at radius 2 is 1.19 bits per heavy atom. The van der Waals surface area contributed by atoms with Gasteiger partial charge in [-0.05, 0) is 139 Å². The first-order chi connectivity index (χ1) is 28.3. The molecule has 59 heavy (non-hydrogen) atoms. The third-order valence-electron chi connectivity index (χ3n) is 12.2. The van der Waals surface area contributed by atoms with Crippen molar-refractivity contribution < 1.29 is 21.9 Å². The van der Waals surface area contributed by atoms with Gasteiger partial charge < -0.3 is 5.11 Å². The number of sulfonamides is 2. The number of piperidine rings is 2. The zero-order chi connectivity index (χ0) is 41.9. The van der Waals surface area contributed by atoms with Crippen molar-refractivity contribution in [3.63, 3.8) is 0 Å². The summed E-state index contributed by atoms with van der Waals surface area (Å²) in [6.07, 6.45) is 19.5. The predicted molar refractivity (Wildman–Crippen MR) is 240 cm³/mol. The maximum Gasteiger partial charge on any atom is 0.211 e. The molecule has 2 atom stereocenters. The number of allylic oxidation sites excluding steroid dienone is 4. The summed E-state index contributed by atoms with van der Waals surface area (Å²) in [5, 5.41) is 10.8. The van der Waals surface area contributed by atoms with Gasteiger partial charge in [-0.2, -0.15) is 0 Å². The molecule has 8 rings (SSSR count). The van der Waals surface area contributed by atoms with Crippen LogP contribution in [0, 0.1) is 11.8 Å². The van der Waals surface area contributed by atoms with Crippen LogP contribution in [-0.4, -0.2) is 85.8 Å². The average Bonchev–Trinajstić information content (AvgIpc) is 3.43. The first-order valence-corrected chi connectivity index (χ1v) is 24.8. The molecule has 1 N–H and O–H groups in total. The highest BCUT2D eigenvalue weighted by Gasteiger charge is 2.37. The van der Waals surface area contributed by atoms with E-state index in [1.54, 1.807) is 8.61 Å². The molecule has 2 aliphatic heterocycles. The average molecular weight is 876 g/mol. The lowest BCUT2D eigenvalue weighted by atomic mass is 9.76. The fraction of sp³-hybridized carbons (Fsp3) is 0.391. The third-order valence-corrected chi connectivity index (χ3v) is 15.2. The molecular weight excluding hydrogens is 824 g/mol. The highest BCUT2D eigenvalue weighted by Crippen LogP contribution is 2.47.